The Kier molecular flexibility index (Phi) is 4.21. The van der Waals surface area contributed by atoms with Crippen LogP contribution in [0.4, 0.5) is 4.79 Å². The Hall–Kier alpha value is -1.28. The number of carbonyl (C=O) groups is 1. The Labute approximate surface area is 111 Å². The average Bonchev–Trinajstić information content (AvgIpc) is 2.33. The molecule has 0 amide bonds. The van der Waals surface area contributed by atoms with Gasteiger partial charge in [-0.25, -0.2) is 0 Å². The van der Waals surface area contributed by atoms with Crippen molar-refractivity contribution in [2.45, 2.75) is 0 Å². The average molecular weight is 312 g/mol. The summed E-state index contributed by atoms with van der Waals surface area (Å²) in [5, 5.41) is 0.668. The first-order valence-corrected chi connectivity index (χ1v) is 7.03. The maximum atomic E-state index is 11.6. The molecular formula is C13H9ClO2Se. The second-order valence-electron chi connectivity index (χ2n) is 3.22. The van der Waals surface area contributed by atoms with Gasteiger partial charge in [0.2, 0.25) is 0 Å². The normalized spacial score (nSPS) is 9.94. The van der Waals surface area contributed by atoms with E-state index in [9.17, 15) is 4.79 Å². The van der Waals surface area contributed by atoms with Crippen molar-refractivity contribution >= 4 is 35.9 Å². The summed E-state index contributed by atoms with van der Waals surface area (Å²) < 4.78 is 6.15. The zero-order chi connectivity index (χ0) is 12.1. The minimum absolute atomic E-state index is 0.217. The third kappa shape index (κ3) is 3.90. The molecule has 4 heteroatoms. The molecule has 0 unspecified atom stereocenters. The molecule has 86 valence electrons. The van der Waals surface area contributed by atoms with Gasteiger partial charge in [-0.05, 0) is 0 Å². The molecule has 0 radical (unpaired) electrons. The van der Waals surface area contributed by atoms with Crippen LogP contribution in [0.2, 0.25) is 5.02 Å². The number of benzene rings is 2. The van der Waals surface area contributed by atoms with E-state index in [1.54, 1.807) is 24.3 Å². The van der Waals surface area contributed by atoms with Crippen LogP contribution in [-0.2, 0) is 0 Å². The van der Waals surface area contributed by atoms with Gasteiger partial charge in [-0.1, -0.05) is 0 Å². The molecule has 17 heavy (non-hydrogen) atoms. The summed E-state index contributed by atoms with van der Waals surface area (Å²) in [5.41, 5.74) is 0. The summed E-state index contributed by atoms with van der Waals surface area (Å²) in [6, 6.07) is 16.3. The fraction of sp³-hybridized carbons (Fsp3) is 0. The minimum atomic E-state index is -0.347. The number of hydrogen-bond acceptors (Lipinski definition) is 2. The van der Waals surface area contributed by atoms with Gasteiger partial charge in [-0.2, -0.15) is 0 Å². The first kappa shape index (κ1) is 12.2. The molecule has 0 aliphatic heterocycles. The molecule has 0 heterocycles. The standard InChI is InChI=1S/C13H9ClO2Se/c14-10-6-8-12(9-7-10)17-13(15)16-11-4-2-1-3-5-11/h1-9H. The molecule has 0 spiro atoms. The summed E-state index contributed by atoms with van der Waals surface area (Å²) in [6.45, 7) is 0. The van der Waals surface area contributed by atoms with Gasteiger partial charge in [0.05, 0.1) is 0 Å². The summed E-state index contributed by atoms with van der Waals surface area (Å²) in [5.74, 6) is 0.577. The first-order valence-electron chi connectivity index (χ1n) is 4.94. The number of rotatable bonds is 3. The molecule has 0 bridgehead atoms. The van der Waals surface area contributed by atoms with Gasteiger partial charge in [0.15, 0.2) is 0 Å². The van der Waals surface area contributed by atoms with Crippen LogP contribution in [0.25, 0.3) is 0 Å². The molecule has 0 aromatic heterocycles. The summed E-state index contributed by atoms with van der Waals surface area (Å²) in [4.78, 5) is 11.4. The molecule has 0 saturated heterocycles. The van der Waals surface area contributed by atoms with E-state index in [-0.39, 0.29) is 19.8 Å². The number of para-hydroxylation sites is 1. The predicted molar refractivity (Wildman–Crippen MR) is 69.3 cm³/mol. The zero-order valence-corrected chi connectivity index (χ0v) is 11.3. The summed E-state index contributed by atoms with van der Waals surface area (Å²) in [6.07, 6.45) is 0. The van der Waals surface area contributed by atoms with Crippen molar-refractivity contribution in [2.75, 3.05) is 0 Å². The molecule has 0 N–H and O–H groups in total. The first-order chi connectivity index (χ1) is 8.24. The predicted octanol–water partition coefficient (Wildman–Crippen LogP) is 2.87. The SMILES string of the molecule is O=C(Oc1ccccc1)[Se]c1ccc(Cl)cc1. The van der Waals surface area contributed by atoms with E-state index < -0.39 is 0 Å². The van der Waals surface area contributed by atoms with E-state index in [0.717, 1.165) is 4.46 Å². The van der Waals surface area contributed by atoms with Crippen LogP contribution >= 0.6 is 11.6 Å². The molecule has 0 atom stereocenters. The van der Waals surface area contributed by atoms with Gasteiger partial charge < -0.3 is 0 Å². The van der Waals surface area contributed by atoms with Crippen LogP contribution in [0.15, 0.2) is 54.6 Å². The Morgan fingerprint density at radius 3 is 2.29 bits per heavy atom. The maximum absolute atomic E-state index is 11.6. The van der Waals surface area contributed by atoms with Crippen molar-refractivity contribution in [3.05, 3.63) is 59.6 Å². The van der Waals surface area contributed by atoms with Crippen LogP contribution in [0, 0.1) is 0 Å². The van der Waals surface area contributed by atoms with Crippen molar-refractivity contribution < 1.29 is 9.53 Å². The van der Waals surface area contributed by atoms with Crippen molar-refractivity contribution in [2.24, 2.45) is 0 Å². The fourth-order valence-electron chi connectivity index (χ4n) is 1.20. The van der Waals surface area contributed by atoms with E-state index in [1.807, 2.05) is 30.3 Å². The van der Waals surface area contributed by atoms with E-state index in [0.29, 0.717) is 10.8 Å². The van der Waals surface area contributed by atoms with Crippen LogP contribution in [-0.4, -0.2) is 19.8 Å². The van der Waals surface area contributed by atoms with E-state index in [1.165, 1.54) is 0 Å². The van der Waals surface area contributed by atoms with Crippen molar-refractivity contribution in [3.63, 3.8) is 0 Å². The second-order valence-corrected chi connectivity index (χ2v) is 5.77. The Balaban J connectivity index is 1.96. The third-order valence-corrected chi connectivity index (χ3v) is 3.80. The molecular weight excluding hydrogens is 303 g/mol. The van der Waals surface area contributed by atoms with Crippen LogP contribution in [0.5, 0.6) is 5.75 Å². The van der Waals surface area contributed by atoms with Crippen molar-refractivity contribution in [1.29, 1.82) is 0 Å². The monoisotopic (exact) mass is 312 g/mol. The van der Waals surface area contributed by atoms with E-state index in [4.69, 9.17) is 16.3 Å². The molecule has 0 aliphatic rings. The van der Waals surface area contributed by atoms with E-state index in [2.05, 4.69) is 0 Å². The molecule has 0 saturated carbocycles. The van der Waals surface area contributed by atoms with Crippen LogP contribution in [0.3, 0.4) is 0 Å². The van der Waals surface area contributed by atoms with E-state index >= 15 is 0 Å². The fourth-order valence-corrected chi connectivity index (χ4v) is 2.59. The topological polar surface area (TPSA) is 26.3 Å². The summed E-state index contributed by atoms with van der Waals surface area (Å²) in [7, 11) is 0. The molecule has 2 nitrogen and oxygen atoms in total. The molecule has 2 rings (SSSR count). The number of carbonyl (C=O) groups excluding carboxylic acids is 1. The summed E-state index contributed by atoms with van der Waals surface area (Å²) >= 11 is 5.42. The quantitative estimate of drug-likeness (QED) is 0.815. The Morgan fingerprint density at radius 1 is 1.00 bits per heavy atom. The third-order valence-electron chi connectivity index (χ3n) is 1.96. The van der Waals surface area contributed by atoms with Gasteiger partial charge in [-0.15, -0.1) is 0 Å². The van der Waals surface area contributed by atoms with Gasteiger partial charge in [-0.3, -0.25) is 0 Å². The van der Waals surface area contributed by atoms with Crippen LogP contribution in [0.1, 0.15) is 0 Å². The van der Waals surface area contributed by atoms with Crippen LogP contribution < -0.4 is 9.20 Å². The van der Waals surface area contributed by atoms with Gasteiger partial charge in [0.1, 0.15) is 0 Å². The van der Waals surface area contributed by atoms with Crippen molar-refractivity contribution in [3.8, 4) is 5.75 Å². The van der Waals surface area contributed by atoms with Gasteiger partial charge in [0.25, 0.3) is 0 Å². The second kappa shape index (κ2) is 5.87. The zero-order valence-electron chi connectivity index (χ0n) is 8.80. The molecule has 0 fully saturated rings. The molecule has 2 aromatic rings. The van der Waals surface area contributed by atoms with Gasteiger partial charge >= 0.3 is 111 Å². The number of ether oxygens (including phenoxy) is 1. The Bertz CT molecular complexity index is 497. The molecule has 2 aromatic carbocycles. The van der Waals surface area contributed by atoms with Gasteiger partial charge in [0, 0.05) is 0 Å². The number of hydrogen-bond donors (Lipinski definition) is 0. The Morgan fingerprint density at radius 2 is 1.65 bits per heavy atom. The molecule has 0 aliphatic carbocycles. The van der Waals surface area contributed by atoms with Crippen molar-refractivity contribution in [1.82, 2.24) is 0 Å². The number of halogens is 1.